The van der Waals surface area contributed by atoms with Gasteiger partial charge in [0.2, 0.25) is 11.8 Å². The normalized spacial score (nSPS) is 10.7. The van der Waals surface area contributed by atoms with E-state index in [0.29, 0.717) is 28.9 Å². The van der Waals surface area contributed by atoms with E-state index < -0.39 is 5.82 Å². The minimum atomic E-state index is -0.552. The minimum Gasteiger partial charge on any atom is -0.326 e. The van der Waals surface area contributed by atoms with Gasteiger partial charge in [-0.3, -0.25) is 9.59 Å². The zero-order valence-corrected chi connectivity index (χ0v) is 18.6. The van der Waals surface area contributed by atoms with Crippen molar-refractivity contribution in [1.29, 1.82) is 0 Å². The second-order valence-electron chi connectivity index (χ2n) is 6.70. The Morgan fingerprint density at radius 2 is 1.74 bits per heavy atom. The van der Waals surface area contributed by atoms with E-state index in [1.165, 1.54) is 30.0 Å². The van der Waals surface area contributed by atoms with Crippen LogP contribution in [0.3, 0.4) is 0 Å². The van der Waals surface area contributed by atoms with E-state index in [1.807, 2.05) is 38.1 Å². The van der Waals surface area contributed by atoms with Crippen molar-refractivity contribution in [2.24, 2.45) is 0 Å². The maximum absolute atomic E-state index is 13.2. The Bertz CT molecular complexity index is 1090. The topological polar surface area (TPSA) is 88.9 Å². The van der Waals surface area contributed by atoms with Gasteiger partial charge in [0.15, 0.2) is 5.16 Å². The predicted octanol–water partition coefficient (Wildman–Crippen LogP) is 4.31. The number of carbonyl (C=O) groups excluding carboxylic acids is 2. The van der Waals surface area contributed by atoms with Gasteiger partial charge in [-0.15, -0.1) is 10.2 Å². The van der Waals surface area contributed by atoms with E-state index in [1.54, 1.807) is 4.57 Å². The summed E-state index contributed by atoms with van der Waals surface area (Å²) in [5, 5.41) is 14.2. The number of halogens is 2. The largest absolute Gasteiger partial charge is 0.326 e. The van der Waals surface area contributed by atoms with E-state index in [0.717, 1.165) is 5.56 Å². The number of thioether (sulfide) groups is 1. The molecular weight excluding hydrogens is 441 g/mol. The standard InChI is InChI=1S/C21H21ClFN5O2S/c1-3-28-18(11-19(29)24-14-6-4-13(2)5-7-14)26-27-21(28)31-12-20(30)25-15-8-9-17(23)16(22)10-15/h4-10H,3,11-12H2,1-2H3,(H,24,29)(H,25,30). The zero-order chi connectivity index (χ0) is 22.4. The first-order valence-corrected chi connectivity index (χ1v) is 10.9. The van der Waals surface area contributed by atoms with Crippen LogP contribution in [0.15, 0.2) is 47.6 Å². The monoisotopic (exact) mass is 461 g/mol. The van der Waals surface area contributed by atoms with Gasteiger partial charge in [-0.1, -0.05) is 41.1 Å². The van der Waals surface area contributed by atoms with Crippen LogP contribution < -0.4 is 10.6 Å². The van der Waals surface area contributed by atoms with Gasteiger partial charge in [0.05, 0.1) is 17.2 Å². The highest BCUT2D eigenvalue weighted by Crippen LogP contribution is 2.21. The Morgan fingerprint density at radius 3 is 2.42 bits per heavy atom. The molecule has 0 atom stereocenters. The van der Waals surface area contributed by atoms with E-state index in [9.17, 15) is 14.0 Å². The summed E-state index contributed by atoms with van der Waals surface area (Å²) in [6, 6.07) is 11.5. The maximum Gasteiger partial charge on any atom is 0.234 e. The van der Waals surface area contributed by atoms with Crippen LogP contribution in [0, 0.1) is 12.7 Å². The fourth-order valence-corrected chi connectivity index (χ4v) is 3.76. The molecule has 3 rings (SSSR count). The third-order valence-electron chi connectivity index (χ3n) is 4.30. The van der Waals surface area contributed by atoms with Gasteiger partial charge in [0.1, 0.15) is 11.6 Å². The summed E-state index contributed by atoms with van der Waals surface area (Å²) in [4.78, 5) is 24.6. The van der Waals surface area contributed by atoms with Gasteiger partial charge in [0, 0.05) is 17.9 Å². The van der Waals surface area contributed by atoms with Gasteiger partial charge < -0.3 is 15.2 Å². The fraction of sp³-hybridized carbons (Fsp3) is 0.238. The molecule has 31 heavy (non-hydrogen) atoms. The molecule has 0 aliphatic rings. The summed E-state index contributed by atoms with van der Waals surface area (Å²) in [6.45, 7) is 4.44. The molecule has 0 saturated carbocycles. The van der Waals surface area contributed by atoms with Gasteiger partial charge in [-0.25, -0.2) is 4.39 Å². The predicted molar refractivity (Wildman–Crippen MR) is 120 cm³/mol. The second-order valence-corrected chi connectivity index (χ2v) is 8.05. The first-order valence-electron chi connectivity index (χ1n) is 9.52. The number of nitrogens with zero attached hydrogens (tertiary/aromatic N) is 3. The second kappa shape index (κ2) is 10.4. The molecule has 3 aromatic rings. The van der Waals surface area contributed by atoms with Crippen LogP contribution in [-0.4, -0.2) is 32.3 Å². The average molecular weight is 462 g/mol. The Hall–Kier alpha value is -2.91. The number of carbonyl (C=O) groups is 2. The molecule has 162 valence electrons. The fourth-order valence-electron chi connectivity index (χ4n) is 2.76. The van der Waals surface area contributed by atoms with E-state index >= 15 is 0 Å². The van der Waals surface area contributed by atoms with Crippen molar-refractivity contribution in [3.8, 4) is 0 Å². The SMILES string of the molecule is CCn1c(CC(=O)Nc2ccc(C)cc2)nnc1SCC(=O)Nc1ccc(F)c(Cl)c1. The van der Waals surface area contributed by atoms with Crippen LogP contribution >= 0.6 is 23.4 Å². The highest BCUT2D eigenvalue weighted by atomic mass is 35.5. The van der Waals surface area contributed by atoms with Crippen molar-refractivity contribution in [3.05, 3.63) is 64.7 Å². The van der Waals surface area contributed by atoms with Crippen LogP contribution in [0.5, 0.6) is 0 Å². The summed E-state index contributed by atoms with van der Waals surface area (Å²) < 4.78 is 15.0. The molecule has 0 radical (unpaired) electrons. The van der Waals surface area contributed by atoms with Gasteiger partial charge in [-0.05, 0) is 44.2 Å². The number of aryl methyl sites for hydroxylation is 1. The van der Waals surface area contributed by atoms with E-state index in [4.69, 9.17) is 11.6 Å². The molecular formula is C21H21ClFN5O2S. The molecule has 1 heterocycles. The number of rotatable bonds is 8. The maximum atomic E-state index is 13.2. The third-order valence-corrected chi connectivity index (χ3v) is 5.56. The molecule has 7 nitrogen and oxygen atoms in total. The molecule has 0 fully saturated rings. The number of hydrogen-bond donors (Lipinski definition) is 2. The number of benzene rings is 2. The van der Waals surface area contributed by atoms with Crippen LogP contribution in [0.1, 0.15) is 18.3 Å². The van der Waals surface area contributed by atoms with Crippen molar-refractivity contribution in [2.45, 2.75) is 32.0 Å². The summed E-state index contributed by atoms with van der Waals surface area (Å²) >= 11 is 6.92. The smallest absolute Gasteiger partial charge is 0.234 e. The lowest BCUT2D eigenvalue weighted by molar-refractivity contribution is -0.116. The van der Waals surface area contributed by atoms with Crippen molar-refractivity contribution < 1.29 is 14.0 Å². The van der Waals surface area contributed by atoms with E-state index in [2.05, 4.69) is 20.8 Å². The number of aromatic nitrogens is 3. The summed E-state index contributed by atoms with van der Waals surface area (Å²) in [6.07, 6.45) is 0.0650. The Labute approximate surface area is 188 Å². The molecule has 0 aliphatic heterocycles. The first kappa shape index (κ1) is 22.8. The third kappa shape index (κ3) is 6.28. The summed E-state index contributed by atoms with van der Waals surface area (Å²) in [7, 11) is 0. The van der Waals surface area contributed by atoms with E-state index in [-0.39, 0.29) is 29.0 Å². The molecule has 10 heteroatoms. The first-order chi connectivity index (χ1) is 14.9. The Morgan fingerprint density at radius 1 is 1.06 bits per heavy atom. The van der Waals surface area contributed by atoms with Crippen molar-refractivity contribution in [2.75, 3.05) is 16.4 Å². The summed E-state index contributed by atoms with van der Waals surface area (Å²) in [5.41, 5.74) is 2.23. The number of amides is 2. The number of hydrogen-bond acceptors (Lipinski definition) is 5. The van der Waals surface area contributed by atoms with Crippen LogP contribution in [0.4, 0.5) is 15.8 Å². The molecule has 0 spiro atoms. The van der Waals surface area contributed by atoms with Crippen molar-refractivity contribution >= 4 is 46.6 Å². The Balaban J connectivity index is 1.57. The van der Waals surface area contributed by atoms with Gasteiger partial charge in [-0.2, -0.15) is 0 Å². The van der Waals surface area contributed by atoms with Crippen LogP contribution in [0.25, 0.3) is 0 Å². The molecule has 1 aromatic heterocycles. The molecule has 2 N–H and O–H groups in total. The molecule has 0 aliphatic carbocycles. The number of anilines is 2. The molecule has 0 saturated heterocycles. The lowest BCUT2D eigenvalue weighted by atomic mass is 10.2. The Kier molecular flexibility index (Phi) is 7.64. The van der Waals surface area contributed by atoms with Crippen LogP contribution in [-0.2, 0) is 22.6 Å². The van der Waals surface area contributed by atoms with Crippen molar-refractivity contribution in [1.82, 2.24) is 14.8 Å². The van der Waals surface area contributed by atoms with Crippen molar-refractivity contribution in [3.63, 3.8) is 0 Å². The molecule has 2 aromatic carbocycles. The van der Waals surface area contributed by atoms with Gasteiger partial charge >= 0.3 is 0 Å². The highest BCUT2D eigenvalue weighted by Gasteiger charge is 2.16. The zero-order valence-electron chi connectivity index (χ0n) is 17.0. The average Bonchev–Trinajstić information content (AvgIpc) is 3.12. The lowest BCUT2D eigenvalue weighted by Crippen LogP contribution is -2.18. The summed E-state index contributed by atoms with van der Waals surface area (Å²) in [5.74, 6) is -0.460. The molecule has 2 amide bonds. The number of nitrogens with one attached hydrogen (secondary N) is 2. The highest BCUT2D eigenvalue weighted by molar-refractivity contribution is 7.99. The van der Waals surface area contributed by atoms with Gasteiger partial charge in [0.25, 0.3) is 0 Å². The minimum absolute atomic E-state index is 0.0650. The quantitative estimate of drug-likeness (QED) is 0.488. The lowest BCUT2D eigenvalue weighted by Gasteiger charge is -2.09. The molecule has 0 bridgehead atoms. The molecule has 0 unspecified atom stereocenters. The van der Waals surface area contributed by atoms with Crippen LogP contribution in [0.2, 0.25) is 5.02 Å².